The van der Waals surface area contributed by atoms with Crippen molar-refractivity contribution in [3.8, 4) is 0 Å². The summed E-state index contributed by atoms with van der Waals surface area (Å²) < 4.78 is 40.6. The standard InChI is InChI=1S/C9H13F3N4S/c1-8(2)5-13-3-4-16(8)7-14-6(15-17-7)9(10,11)12/h13H,3-5H2,1-2H3. The van der Waals surface area contributed by atoms with Gasteiger partial charge >= 0.3 is 6.18 Å². The molecule has 17 heavy (non-hydrogen) atoms. The largest absolute Gasteiger partial charge is 0.452 e. The molecule has 1 aliphatic heterocycles. The maximum Gasteiger partial charge on any atom is 0.452 e. The summed E-state index contributed by atoms with van der Waals surface area (Å²) in [4.78, 5) is 5.45. The van der Waals surface area contributed by atoms with Crippen molar-refractivity contribution >= 4 is 16.7 Å². The summed E-state index contributed by atoms with van der Waals surface area (Å²) in [5, 5.41) is 3.54. The fourth-order valence-corrected chi connectivity index (χ4v) is 2.65. The maximum atomic E-state index is 12.4. The molecule has 0 bridgehead atoms. The molecule has 0 atom stereocenters. The minimum atomic E-state index is -4.47. The second kappa shape index (κ2) is 4.09. The Hall–Kier alpha value is -0.890. The number of alkyl halides is 3. The van der Waals surface area contributed by atoms with Crippen molar-refractivity contribution in [3.63, 3.8) is 0 Å². The predicted molar refractivity (Wildman–Crippen MR) is 59.2 cm³/mol. The third-order valence-electron chi connectivity index (χ3n) is 2.70. The van der Waals surface area contributed by atoms with Crippen molar-refractivity contribution < 1.29 is 13.2 Å². The van der Waals surface area contributed by atoms with E-state index < -0.39 is 12.0 Å². The minimum Gasteiger partial charge on any atom is -0.339 e. The van der Waals surface area contributed by atoms with Crippen molar-refractivity contribution in [2.45, 2.75) is 25.6 Å². The molecule has 1 fully saturated rings. The number of aromatic nitrogens is 2. The van der Waals surface area contributed by atoms with Crippen LogP contribution in [0, 0.1) is 0 Å². The molecule has 2 rings (SSSR count). The molecular weight excluding hydrogens is 253 g/mol. The number of piperazine rings is 1. The first-order valence-corrected chi connectivity index (χ1v) is 5.97. The number of halogens is 3. The zero-order valence-corrected chi connectivity index (χ0v) is 10.3. The number of nitrogens with one attached hydrogen (secondary N) is 1. The van der Waals surface area contributed by atoms with E-state index in [1.807, 2.05) is 18.7 Å². The first-order valence-electron chi connectivity index (χ1n) is 5.20. The van der Waals surface area contributed by atoms with E-state index in [9.17, 15) is 13.2 Å². The van der Waals surface area contributed by atoms with E-state index in [1.165, 1.54) is 0 Å². The number of hydrogen-bond acceptors (Lipinski definition) is 5. The summed E-state index contributed by atoms with van der Waals surface area (Å²) in [5.74, 6) is -1.05. The molecule has 2 heterocycles. The Bertz CT molecular complexity index is 401. The molecule has 0 spiro atoms. The van der Waals surface area contributed by atoms with E-state index in [4.69, 9.17) is 0 Å². The van der Waals surface area contributed by atoms with Crippen molar-refractivity contribution in [1.82, 2.24) is 14.7 Å². The molecule has 1 saturated heterocycles. The zero-order chi connectivity index (χ0) is 12.7. The van der Waals surface area contributed by atoms with Crippen molar-refractivity contribution in [2.24, 2.45) is 0 Å². The predicted octanol–water partition coefficient (Wildman–Crippen LogP) is 1.75. The molecule has 1 aromatic heterocycles. The van der Waals surface area contributed by atoms with Gasteiger partial charge in [-0.25, -0.2) is 0 Å². The van der Waals surface area contributed by atoms with Gasteiger partial charge in [0.25, 0.3) is 0 Å². The molecule has 4 nitrogen and oxygen atoms in total. The van der Waals surface area contributed by atoms with Gasteiger partial charge in [-0.2, -0.15) is 22.5 Å². The van der Waals surface area contributed by atoms with E-state index in [-0.39, 0.29) is 5.54 Å². The number of hydrogen-bond donors (Lipinski definition) is 1. The topological polar surface area (TPSA) is 41.0 Å². The smallest absolute Gasteiger partial charge is 0.339 e. The lowest BCUT2D eigenvalue weighted by atomic mass is 10.0. The lowest BCUT2D eigenvalue weighted by molar-refractivity contribution is -0.144. The molecule has 8 heteroatoms. The van der Waals surface area contributed by atoms with Crippen molar-refractivity contribution in [2.75, 3.05) is 24.5 Å². The van der Waals surface area contributed by atoms with Crippen LogP contribution >= 0.6 is 11.5 Å². The van der Waals surface area contributed by atoms with Crippen LogP contribution in [0.3, 0.4) is 0 Å². The Balaban J connectivity index is 2.25. The highest BCUT2D eigenvalue weighted by molar-refractivity contribution is 7.09. The van der Waals surface area contributed by atoms with Gasteiger partial charge in [0.1, 0.15) is 0 Å². The monoisotopic (exact) mass is 266 g/mol. The molecular formula is C9H13F3N4S. The van der Waals surface area contributed by atoms with Crippen LogP contribution in [0.2, 0.25) is 0 Å². The molecule has 0 aliphatic carbocycles. The van der Waals surface area contributed by atoms with Crippen LogP contribution in [-0.4, -0.2) is 34.5 Å². The average Bonchev–Trinajstić information content (AvgIpc) is 2.65. The maximum absolute atomic E-state index is 12.4. The summed E-state index contributed by atoms with van der Waals surface area (Å²) >= 11 is 0.802. The van der Waals surface area contributed by atoms with Crippen LogP contribution in [0.4, 0.5) is 18.3 Å². The Morgan fingerprint density at radius 2 is 2.12 bits per heavy atom. The third-order valence-corrected chi connectivity index (χ3v) is 3.44. The van der Waals surface area contributed by atoms with E-state index >= 15 is 0 Å². The minimum absolute atomic E-state index is 0.249. The van der Waals surface area contributed by atoms with E-state index in [0.29, 0.717) is 18.2 Å². The van der Waals surface area contributed by atoms with Crippen LogP contribution in [0.15, 0.2) is 0 Å². The fourth-order valence-electron chi connectivity index (χ4n) is 1.78. The zero-order valence-electron chi connectivity index (χ0n) is 9.51. The molecule has 0 amide bonds. The summed E-state index contributed by atoms with van der Waals surface area (Å²) in [6, 6.07) is 0. The highest BCUT2D eigenvalue weighted by Crippen LogP contribution is 2.32. The number of anilines is 1. The van der Waals surface area contributed by atoms with Crippen LogP contribution in [0.25, 0.3) is 0 Å². The molecule has 96 valence electrons. The van der Waals surface area contributed by atoms with Gasteiger partial charge in [-0.3, -0.25) is 0 Å². The lowest BCUT2D eigenvalue weighted by Crippen LogP contribution is -2.58. The number of rotatable bonds is 1. The van der Waals surface area contributed by atoms with Gasteiger partial charge in [-0.05, 0) is 13.8 Å². The Morgan fingerprint density at radius 1 is 1.41 bits per heavy atom. The second-order valence-corrected chi connectivity index (χ2v) is 5.27. The summed E-state index contributed by atoms with van der Waals surface area (Å²) in [7, 11) is 0. The summed E-state index contributed by atoms with van der Waals surface area (Å²) in [5.41, 5.74) is -0.249. The molecule has 1 N–H and O–H groups in total. The molecule has 1 aliphatic rings. The summed E-state index contributed by atoms with van der Waals surface area (Å²) in [6.45, 7) is 6.03. The molecule has 0 radical (unpaired) electrons. The Morgan fingerprint density at radius 3 is 2.65 bits per heavy atom. The van der Waals surface area contributed by atoms with Gasteiger partial charge in [0.2, 0.25) is 11.0 Å². The summed E-state index contributed by atoms with van der Waals surface area (Å²) in [6.07, 6.45) is -4.47. The normalized spacial score (nSPS) is 20.6. The molecule has 1 aromatic rings. The van der Waals surface area contributed by atoms with Crippen molar-refractivity contribution in [1.29, 1.82) is 0 Å². The third kappa shape index (κ3) is 2.52. The first kappa shape index (κ1) is 12.6. The van der Waals surface area contributed by atoms with Gasteiger partial charge in [0.05, 0.1) is 0 Å². The van der Waals surface area contributed by atoms with Crippen molar-refractivity contribution in [3.05, 3.63) is 5.82 Å². The number of nitrogens with zero attached hydrogens (tertiary/aromatic N) is 3. The van der Waals surface area contributed by atoms with Crippen LogP contribution in [-0.2, 0) is 6.18 Å². The van der Waals surface area contributed by atoms with Gasteiger partial charge in [0, 0.05) is 36.7 Å². The Labute approximate surface area is 101 Å². The average molecular weight is 266 g/mol. The highest BCUT2D eigenvalue weighted by atomic mass is 32.1. The first-order chi connectivity index (χ1) is 7.81. The lowest BCUT2D eigenvalue weighted by Gasteiger charge is -2.42. The van der Waals surface area contributed by atoms with Gasteiger partial charge in [-0.15, -0.1) is 0 Å². The molecule has 0 aromatic carbocycles. The highest BCUT2D eigenvalue weighted by Gasteiger charge is 2.38. The van der Waals surface area contributed by atoms with Gasteiger partial charge in [0.15, 0.2) is 0 Å². The second-order valence-electron chi connectivity index (χ2n) is 4.54. The quantitative estimate of drug-likeness (QED) is 0.840. The molecule has 0 saturated carbocycles. The van der Waals surface area contributed by atoms with Gasteiger partial charge < -0.3 is 10.2 Å². The fraction of sp³-hybridized carbons (Fsp3) is 0.778. The SMILES string of the molecule is CC1(C)CNCCN1c1nc(C(F)(F)F)ns1. The molecule has 0 unspecified atom stereocenters. The van der Waals surface area contributed by atoms with Crippen LogP contribution in [0.5, 0.6) is 0 Å². The van der Waals surface area contributed by atoms with E-state index in [0.717, 1.165) is 18.1 Å². The van der Waals surface area contributed by atoms with Crippen LogP contribution < -0.4 is 10.2 Å². The van der Waals surface area contributed by atoms with Crippen LogP contribution in [0.1, 0.15) is 19.7 Å². The van der Waals surface area contributed by atoms with E-state index in [2.05, 4.69) is 14.7 Å². The van der Waals surface area contributed by atoms with Gasteiger partial charge in [-0.1, -0.05) is 0 Å². The van der Waals surface area contributed by atoms with E-state index in [1.54, 1.807) is 0 Å². The Kier molecular flexibility index (Phi) is 3.03.